The summed E-state index contributed by atoms with van der Waals surface area (Å²) in [6, 6.07) is 4.65. The van der Waals surface area contributed by atoms with Gasteiger partial charge in [0, 0.05) is 5.56 Å². The second-order valence-electron chi connectivity index (χ2n) is 5.05. The molecule has 2 atom stereocenters. The minimum Gasteiger partial charge on any atom is -0.480 e. The van der Waals surface area contributed by atoms with Crippen LogP contribution in [0.15, 0.2) is 18.2 Å². The highest BCUT2D eigenvalue weighted by Crippen LogP contribution is 2.12. The molecule has 0 saturated carbocycles. The summed E-state index contributed by atoms with van der Waals surface area (Å²) < 4.78 is 0. The van der Waals surface area contributed by atoms with E-state index in [0.29, 0.717) is 12.0 Å². The molecule has 104 valence electrons. The molecule has 0 aliphatic heterocycles. The van der Waals surface area contributed by atoms with E-state index in [4.69, 9.17) is 5.11 Å². The van der Waals surface area contributed by atoms with E-state index in [1.54, 1.807) is 12.1 Å². The fraction of sp³-hybridized carbons (Fsp3) is 0.467. The Morgan fingerprint density at radius 1 is 1.21 bits per heavy atom. The lowest BCUT2D eigenvalue weighted by atomic mass is 9.98. The monoisotopic (exact) mass is 263 g/mol. The molecule has 4 heteroatoms. The van der Waals surface area contributed by atoms with Crippen LogP contribution in [0.1, 0.15) is 41.8 Å². The van der Waals surface area contributed by atoms with Crippen LogP contribution < -0.4 is 5.32 Å². The van der Waals surface area contributed by atoms with Gasteiger partial charge in [-0.25, -0.2) is 4.79 Å². The van der Waals surface area contributed by atoms with E-state index >= 15 is 0 Å². The van der Waals surface area contributed by atoms with Crippen LogP contribution in [0.5, 0.6) is 0 Å². The van der Waals surface area contributed by atoms with Gasteiger partial charge in [-0.3, -0.25) is 4.79 Å². The molecule has 0 fully saturated rings. The van der Waals surface area contributed by atoms with Gasteiger partial charge in [-0.05, 0) is 31.9 Å². The number of benzene rings is 1. The van der Waals surface area contributed by atoms with Crippen LogP contribution in [0.4, 0.5) is 0 Å². The van der Waals surface area contributed by atoms with Gasteiger partial charge in [0.2, 0.25) is 0 Å². The lowest BCUT2D eigenvalue weighted by molar-refractivity contribution is -0.140. The zero-order valence-corrected chi connectivity index (χ0v) is 11.9. The highest BCUT2D eigenvalue weighted by atomic mass is 16.4. The molecule has 1 aromatic carbocycles. The van der Waals surface area contributed by atoms with Gasteiger partial charge in [-0.15, -0.1) is 0 Å². The smallest absolute Gasteiger partial charge is 0.326 e. The van der Waals surface area contributed by atoms with E-state index in [0.717, 1.165) is 11.1 Å². The van der Waals surface area contributed by atoms with Gasteiger partial charge in [0.05, 0.1) is 0 Å². The zero-order valence-electron chi connectivity index (χ0n) is 11.9. The van der Waals surface area contributed by atoms with Crippen LogP contribution >= 0.6 is 0 Å². The molecule has 0 saturated heterocycles. The Morgan fingerprint density at radius 2 is 1.74 bits per heavy atom. The maximum atomic E-state index is 12.1. The molecule has 0 radical (unpaired) electrons. The molecule has 1 aromatic rings. The second-order valence-corrected chi connectivity index (χ2v) is 5.05. The van der Waals surface area contributed by atoms with E-state index in [1.807, 2.05) is 33.8 Å². The van der Waals surface area contributed by atoms with Crippen LogP contribution in [-0.4, -0.2) is 23.0 Å². The Balaban J connectivity index is 2.90. The molecule has 2 N–H and O–H groups in total. The highest BCUT2D eigenvalue weighted by Gasteiger charge is 2.25. The van der Waals surface area contributed by atoms with Crippen LogP contribution in [-0.2, 0) is 4.79 Å². The predicted molar refractivity (Wildman–Crippen MR) is 74.3 cm³/mol. The molecule has 0 aliphatic carbocycles. The summed E-state index contributed by atoms with van der Waals surface area (Å²) in [5.41, 5.74) is 2.48. The Hall–Kier alpha value is -1.84. The minimum absolute atomic E-state index is 0.104. The van der Waals surface area contributed by atoms with E-state index in [1.165, 1.54) is 0 Å². The number of hydrogen-bond acceptors (Lipinski definition) is 2. The van der Waals surface area contributed by atoms with E-state index in [2.05, 4.69) is 5.32 Å². The molecular weight excluding hydrogens is 242 g/mol. The first kappa shape index (κ1) is 15.2. The molecule has 0 aromatic heterocycles. The first-order valence-electron chi connectivity index (χ1n) is 6.47. The Bertz CT molecular complexity index is 462. The average molecular weight is 263 g/mol. The largest absolute Gasteiger partial charge is 0.480 e. The Kier molecular flexibility index (Phi) is 5.10. The number of nitrogens with one attached hydrogen (secondary N) is 1. The van der Waals surface area contributed by atoms with Crippen LogP contribution in [0.3, 0.4) is 0 Å². The van der Waals surface area contributed by atoms with Crippen LogP contribution in [0, 0.1) is 19.8 Å². The summed E-state index contributed by atoms with van der Waals surface area (Å²) in [5.74, 6) is -1.43. The molecule has 1 amide bonds. The molecule has 1 rings (SSSR count). The fourth-order valence-corrected chi connectivity index (χ4v) is 2.01. The molecule has 0 heterocycles. The fourth-order valence-electron chi connectivity index (χ4n) is 2.01. The summed E-state index contributed by atoms with van der Waals surface area (Å²) in [7, 11) is 0. The molecule has 19 heavy (non-hydrogen) atoms. The van der Waals surface area contributed by atoms with Crippen molar-refractivity contribution in [3.63, 3.8) is 0 Å². The van der Waals surface area contributed by atoms with Crippen molar-refractivity contribution in [1.82, 2.24) is 5.32 Å². The summed E-state index contributed by atoms with van der Waals surface area (Å²) >= 11 is 0. The van der Waals surface area contributed by atoms with E-state index < -0.39 is 12.0 Å². The Labute approximate surface area is 113 Å². The molecule has 0 aliphatic rings. The third-order valence-corrected chi connectivity index (χ3v) is 3.25. The van der Waals surface area contributed by atoms with E-state index in [-0.39, 0.29) is 11.8 Å². The summed E-state index contributed by atoms with van der Waals surface area (Å²) in [6.07, 6.45) is 0.699. The third kappa shape index (κ3) is 4.09. The van der Waals surface area contributed by atoms with Crippen LogP contribution in [0.25, 0.3) is 0 Å². The van der Waals surface area contributed by atoms with Crippen molar-refractivity contribution in [2.24, 2.45) is 5.92 Å². The minimum atomic E-state index is -0.993. The Morgan fingerprint density at radius 3 is 2.16 bits per heavy atom. The number of carbonyl (C=O) groups is 2. The number of amides is 1. The SMILES string of the molecule is CC[C@H](C)[C@@H](NC(=O)c1cc(C)cc(C)c1)C(=O)O. The lowest BCUT2D eigenvalue weighted by Gasteiger charge is -2.20. The van der Waals surface area contributed by atoms with Crippen molar-refractivity contribution in [2.45, 2.75) is 40.2 Å². The number of aliphatic carboxylic acids is 1. The standard InChI is InChI=1S/C15H21NO3/c1-5-11(4)13(15(18)19)16-14(17)12-7-9(2)6-10(3)8-12/h6-8,11,13H,5H2,1-4H3,(H,16,17)(H,18,19)/t11-,13+/m0/s1. The molecular formula is C15H21NO3. The molecule has 0 unspecified atom stereocenters. The topological polar surface area (TPSA) is 66.4 Å². The average Bonchev–Trinajstić information content (AvgIpc) is 2.33. The van der Waals surface area contributed by atoms with Gasteiger partial charge in [-0.2, -0.15) is 0 Å². The first-order chi connectivity index (χ1) is 8.85. The number of rotatable bonds is 5. The number of carboxylic acid groups (broad SMARTS) is 1. The summed E-state index contributed by atoms with van der Waals surface area (Å²) in [4.78, 5) is 23.3. The number of carbonyl (C=O) groups excluding carboxylic acids is 1. The van der Waals surface area contributed by atoms with Crippen molar-refractivity contribution in [1.29, 1.82) is 0 Å². The third-order valence-electron chi connectivity index (χ3n) is 3.25. The van der Waals surface area contributed by atoms with Crippen molar-refractivity contribution in [3.8, 4) is 0 Å². The van der Waals surface area contributed by atoms with Crippen LogP contribution in [0.2, 0.25) is 0 Å². The number of aryl methyl sites for hydroxylation is 2. The quantitative estimate of drug-likeness (QED) is 0.858. The van der Waals surface area contributed by atoms with Crippen molar-refractivity contribution >= 4 is 11.9 Å². The van der Waals surface area contributed by atoms with E-state index in [9.17, 15) is 9.59 Å². The molecule has 0 bridgehead atoms. The highest BCUT2D eigenvalue weighted by molar-refractivity contribution is 5.97. The van der Waals surface area contributed by atoms with Gasteiger partial charge in [0.25, 0.3) is 5.91 Å². The van der Waals surface area contributed by atoms with Crippen molar-refractivity contribution in [2.75, 3.05) is 0 Å². The van der Waals surface area contributed by atoms with Gasteiger partial charge in [-0.1, -0.05) is 37.5 Å². The molecule has 4 nitrogen and oxygen atoms in total. The number of carboxylic acids is 1. The normalized spacial score (nSPS) is 13.7. The summed E-state index contributed by atoms with van der Waals surface area (Å²) in [5, 5.41) is 11.8. The summed E-state index contributed by atoms with van der Waals surface area (Å²) in [6.45, 7) is 7.55. The first-order valence-corrected chi connectivity index (χ1v) is 6.47. The molecule has 0 spiro atoms. The van der Waals surface area contributed by atoms with Gasteiger partial charge < -0.3 is 10.4 Å². The second kappa shape index (κ2) is 6.36. The predicted octanol–water partition coefficient (Wildman–Crippen LogP) is 2.53. The van der Waals surface area contributed by atoms with Crippen molar-refractivity contribution < 1.29 is 14.7 Å². The number of hydrogen-bond donors (Lipinski definition) is 2. The van der Waals surface area contributed by atoms with Gasteiger partial charge in [0.1, 0.15) is 6.04 Å². The maximum absolute atomic E-state index is 12.1. The maximum Gasteiger partial charge on any atom is 0.326 e. The zero-order chi connectivity index (χ0) is 14.6. The van der Waals surface area contributed by atoms with Gasteiger partial charge in [0.15, 0.2) is 0 Å². The lowest BCUT2D eigenvalue weighted by Crippen LogP contribution is -2.45. The van der Waals surface area contributed by atoms with Crippen molar-refractivity contribution in [3.05, 3.63) is 34.9 Å². The van der Waals surface area contributed by atoms with Gasteiger partial charge >= 0.3 is 5.97 Å².